The van der Waals surface area contributed by atoms with Gasteiger partial charge in [0.15, 0.2) is 0 Å². The summed E-state index contributed by atoms with van der Waals surface area (Å²) in [4.78, 5) is 8.79. The standard InChI is InChI=1S/C4H9NO3/c1-2-4-6-8-7-5-3-1/h5H,1-4H2. The number of hydrogen-bond acceptors (Lipinski definition) is 4. The molecule has 4 heteroatoms. The van der Waals surface area contributed by atoms with Crippen molar-refractivity contribution in [2.75, 3.05) is 13.2 Å². The first kappa shape index (κ1) is 5.97. The van der Waals surface area contributed by atoms with E-state index < -0.39 is 0 Å². The van der Waals surface area contributed by atoms with Crippen LogP contribution in [0.1, 0.15) is 12.8 Å². The molecular formula is C4H9NO3. The van der Waals surface area contributed by atoms with Gasteiger partial charge in [0.05, 0.1) is 6.61 Å². The lowest BCUT2D eigenvalue weighted by Crippen LogP contribution is -2.19. The zero-order chi connectivity index (χ0) is 5.66. The van der Waals surface area contributed by atoms with Gasteiger partial charge in [-0.05, 0) is 17.9 Å². The number of rotatable bonds is 0. The van der Waals surface area contributed by atoms with Crippen molar-refractivity contribution < 1.29 is 14.9 Å². The lowest BCUT2D eigenvalue weighted by atomic mass is 10.3. The maximum Gasteiger partial charge on any atom is 0.0855 e. The third kappa shape index (κ3) is 2.23. The number of hydroxylamine groups is 1. The van der Waals surface area contributed by atoms with Crippen LogP contribution in [-0.2, 0) is 14.9 Å². The fourth-order valence-corrected chi connectivity index (χ4v) is 0.482. The predicted octanol–water partition coefficient (Wildman–Crippen LogP) is 0.165. The van der Waals surface area contributed by atoms with Gasteiger partial charge in [0, 0.05) is 6.54 Å². The van der Waals surface area contributed by atoms with Crippen LogP contribution in [0.25, 0.3) is 0 Å². The lowest BCUT2D eigenvalue weighted by Gasteiger charge is -2.07. The molecule has 0 radical (unpaired) electrons. The normalized spacial score (nSPS) is 24.0. The average molecular weight is 119 g/mol. The van der Waals surface area contributed by atoms with Crippen LogP contribution in [0.2, 0.25) is 0 Å². The first-order valence-electron chi connectivity index (χ1n) is 2.68. The summed E-state index contributed by atoms with van der Waals surface area (Å²) in [6.07, 6.45) is 2.07. The second-order valence-corrected chi connectivity index (χ2v) is 1.57. The topological polar surface area (TPSA) is 39.7 Å². The minimum Gasteiger partial charge on any atom is -0.205 e. The van der Waals surface area contributed by atoms with Gasteiger partial charge in [0.1, 0.15) is 0 Å². The first-order chi connectivity index (χ1) is 4.00. The Morgan fingerprint density at radius 2 is 2.25 bits per heavy atom. The molecule has 0 bridgehead atoms. The zero-order valence-electron chi connectivity index (χ0n) is 4.55. The van der Waals surface area contributed by atoms with Crippen LogP contribution in [-0.4, -0.2) is 13.2 Å². The van der Waals surface area contributed by atoms with Crippen LogP contribution in [0.5, 0.6) is 0 Å². The molecule has 1 N–H and O–H groups in total. The Morgan fingerprint density at radius 1 is 1.25 bits per heavy atom. The van der Waals surface area contributed by atoms with Crippen LogP contribution < -0.4 is 5.48 Å². The third-order valence-corrected chi connectivity index (χ3v) is 0.898. The predicted molar refractivity (Wildman–Crippen MR) is 25.4 cm³/mol. The van der Waals surface area contributed by atoms with Crippen molar-refractivity contribution in [1.82, 2.24) is 5.48 Å². The van der Waals surface area contributed by atoms with Crippen molar-refractivity contribution >= 4 is 0 Å². The molecule has 0 amide bonds. The molecule has 8 heavy (non-hydrogen) atoms. The highest BCUT2D eigenvalue weighted by molar-refractivity contribution is 4.38. The Bertz CT molecular complexity index is 35.2. The van der Waals surface area contributed by atoms with Gasteiger partial charge >= 0.3 is 0 Å². The van der Waals surface area contributed by atoms with Crippen molar-refractivity contribution in [2.24, 2.45) is 0 Å². The average Bonchev–Trinajstić information content (AvgIpc) is 1.62. The first-order valence-corrected chi connectivity index (χ1v) is 2.68. The van der Waals surface area contributed by atoms with Crippen LogP contribution in [0.15, 0.2) is 0 Å². The van der Waals surface area contributed by atoms with Crippen LogP contribution in [0.3, 0.4) is 0 Å². The van der Waals surface area contributed by atoms with E-state index in [4.69, 9.17) is 0 Å². The highest BCUT2D eigenvalue weighted by Crippen LogP contribution is 1.92. The SMILES string of the molecule is C1CCOOONC1. The minimum absolute atomic E-state index is 0.613. The molecule has 4 nitrogen and oxygen atoms in total. The van der Waals surface area contributed by atoms with Gasteiger partial charge in [-0.15, -0.1) is 4.99 Å². The largest absolute Gasteiger partial charge is 0.205 e. The Morgan fingerprint density at radius 3 is 3.25 bits per heavy atom. The molecule has 0 aliphatic carbocycles. The monoisotopic (exact) mass is 119 g/mol. The van der Waals surface area contributed by atoms with E-state index >= 15 is 0 Å². The van der Waals surface area contributed by atoms with Crippen molar-refractivity contribution in [2.45, 2.75) is 12.8 Å². The third-order valence-electron chi connectivity index (χ3n) is 0.898. The van der Waals surface area contributed by atoms with Crippen LogP contribution in [0.4, 0.5) is 0 Å². The smallest absolute Gasteiger partial charge is 0.0855 e. The molecule has 0 aromatic rings. The van der Waals surface area contributed by atoms with E-state index in [2.05, 4.69) is 20.4 Å². The quantitative estimate of drug-likeness (QED) is 0.461. The molecule has 48 valence electrons. The van der Waals surface area contributed by atoms with Crippen molar-refractivity contribution in [1.29, 1.82) is 0 Å². The van der Waals surface area contributed by atoms with E-state index in [0.29, 0.717) is 6.61 Å². The maximum atomic E-state index is 4.49. The molecule has 0 aromatic carbocycles. The summed E-state index contributed by atoms with van der Waals surface area (Å²) in [6.45, 7) is 1.44. The van der Waals surface area contributed by atoms with Gasteiger partial charge in [0.25, 0.3) is 0 Å². The summed E-state index contributed by atoms with van der Waals surface area (Å²) in [5.41, 5.74) is 2.54. The Hall–Kier alpha value is -0.160. The van der Waals surface area contributed by atoms with Crippen molar-refractivity contribution in [3.63, 3.8) is 0 Å². The molecule has 1 saturated heterocycles. The summed E-state index contributed by atoms with van der Waals surface area (Å²) in [7, 11) is 0. The molecule has 0 atom stereocenters. The Labute approximate surface area is 47.5 Å². The van der Waals surface area contributed by atoms with Crippen molar-refractivity contribution in [3.05, 3.63) is 0 Å². The molecule has 1 heterocycles. The summed E-state index contributed by atoms with van der Waals surface area (Å²) in [5, 5.41) is 4.16. The summed E-state index contributed by atoms with van der Waals surface area (Å²) >= 11 is 0. The summed E-state index contributed by atoms with van der Waals surface area (Å²) < 4.78 is 0. The van der Waals surface area contributed by atoms with Gasteiger partial charge in [-0.3, -0.25) is 0 Å². The zero-order valence-corrected chi connectivity index (χ0v) is 4.55. The fourth-order valence-electron chi connectivity index (χ4n) is 0.482. The molecule has 1 fully saturated rings. The van der Waals surface area contributed by atoms with Gasteiger partial charge in [-0.1, -0.05) is 0 Å². The van der Waals surface area contributed by atoms with E-state index in [1.54, 1.807) is 0 Å². The van der Waals surface area contributed by atoms with Crippen LogP contribution in [0, 0.1) is 0 Å². The van der Waals surface area contributed by atoms with Gasteiger partial charge < -0.3 is 0 Å². The molecule has 1 aliphatic heterocycles. The van der Waals surface area contributed by atoms with Gasteiger partial charge in [-0.2, -0.15) is 5.48 Å². The number of nitrogens with one attached hydrogen (secondary N) is 1. The highest BCUT2D eigenvalue weighted by atomic mass is 17.5. The molecule has 0 unspecified atom stereocenters. The fraction of sp³-hybridized carbons (Fsp3) is 1.00. The second kappa shape index (κ2) is 3.80. The van der Waals surface area contributed by atoms with Gasteiger partial charge in [0.2, 0.25) is 0 Å². The van der Waals surface area contributed by atoms with Crippen molar-refractivity contribution in [3.8, 4) is 0 Å². The molecule has 0 aromatic heterocycles. The molecule has 0 saturated carbocycles. The molecule has 1 aliphatic rings. The second-order valence-electron chi connectivity index (χ2n) is 1.57. The molecule has 0 spiro atoms. The maximum absolute atomic E-state index is 4.49. The van der Waals surface area contributed by atoms with Gasteiger partial charge in [-0.25, -0.2) is 4.89 Å². The Balaban J connectivity index is 2.00. The van der Waals surface area contributed by atoms with E-state index in [0.717, 1.165) is 19.4 Å². The molecule has 1 rings (SSSR count). The van der Waals surface area contributed by atoms with Crippen LogP contribution >= 0.6 is 0 Å². The highest BCUT2D eigenvalue weighted by Gasteiger charge is 1.95. The number of hydrogen-bond donors (Lipinski definition) is 1. The Kier molecular flexibility index (Phi) is 2.83. The molecular weight excluding hydrogens is 110 g/mol. The summed E-state index contributed by atoms with van der Waals surface area (Å²) in [6, 6.07) is 0. The van der Waals surface area contributed by atoms with E-state index in [1.807, 2.05) is 0 Å². The minimum atomic E-state index is 0.613. The lowest BCUT2D eigenvalue weighted by molar-refractivity contribution is -0.537. The summed E-state index contributed by atoms with van der Waals surface area (Å²) in [5.74, 6) is 0. The van der Waals surface area contributed by atoms with E-state index in [9.17, 15) is 0 Å². The van der Waals surface area contributed by atoms with E-state index in [-0.39, 0.29) is 0 Å². The van der Waals surface area contributed by atoms with E-state index in [1.165, 1.54) is 0 Å².